The number of primary sulfonamides is 1. The summed E-state index contributed by atoms with van der Waals surface area (Å²) in [7, 11) is -3.76. The van der Waals surface area contributed by atoms with Crippen molar-refractivity contribution in [3.05, 3.63) is 65.2 Å². The van der Waals surface area contributed by atoms with Gasteiger partial charge in [-0.1, -0.05) is 24.3 Å². The van der Waals surface area contributed by atoms with E-state index >= 15 is 0 Å². The normalized spacial score (nSPS) is 11.0. The first-order valence-corrected chi connectivity index (χ1v) is 8.06. The minimum absolute atomic E-state index is 0.0243. The first-order valence-electron chi connectivity index (χ1n) is 6.51. The molecule has 2 aromatic rings. The maximum Gasteiger partial charge on any atom is 0.336 e. The fourth-order valence-electron chi connectivity index (χ4n) is 1.94. The molecule has 0 fully saturated rings. The second kappa shape index (κ2) is 6.59. The Kier molecular flexibility index (Phi) is 4.77. The molecule has 0 radical (unpaired) electrons. The molecule has 0 heterocycles. The van der Waals surface area contributed by atoms with E-state index in [2.05, 4.69) is 5.32 Å². The van der Waals surface area contributed by atoms with Crippen LogP contribution >= 0.6 is 0 Å². The van der Waals surface area contributed by atoms with Crippen LogP contribution in [0.4, 0.5) is 0 Å². The molecule has 0 saturated heterocycles. The quantitative estimate of drug-likeness (QED) is 0.750. The molecule has 0 aliphatic heterocycles. The number of benzene rings is 2. The molecule has 2 rings (SSSR count). The summed E-state index contributed by atoms with van der Waals surface area (Å²) in [6.07, 6.45) is 0. The summed E-state index contributed by atoms with van der Waals surface area (Å²) in [4.78, 5) is 23.1. The van der Waals surface area contributed by atoms with Crippen LogP contribution in [0.2, 0.25) is 0 Å². The minimum Gasteiger partial charge on any atom is -0.478 e. The molecule has 0 bridgehead atoms. The van der Waals surface area contributed by atoms with Crippen LogP contribution in [0.15, 0.2) is 53.4 Å². The van der Waals surface area contributed by atoms with E-state index in [0.29, 0.717) is 5.56 Å². The lowest BCUT2D eigenvalue weighted by atomic mass is 10.1. The van der Waals surface area contributed by atoms with Gasteiger partial charge in [-0.25, -0.2) is 18.4 Å². The number of aromatic carboxylic acids is 1. The third kappa shape index (κ3) is 4.15. The van der Waals surface area contributed by atoms with Gasteiger partial charge in [-0.05, 0) is 29.8 Å². The first-order chi connectivity index (χ1) is 10.8. The standard InChI is InChI=1S/C15H14N2O5S/c16-23(21,22)11-7-5-10(6-8-11)9-17-14(18)12-3-1-2-4-13(12)15(19)20/h1-8H,9H2,(H,17,18)(H,19,20)(H2,16,21,22). The van der Waals surface area contributed by atoms with E-state index in [1.807, 2.05) is 0 Å². The molecule has 23 heavy (non-hydrogen) atoms. The smallest absolute Gasteiger partial charge is 0.336 e. The Bertz CT molecular complexity index is 844. The second-order valence-corrected chi connectivity index (χ2v) is 6.28. The van der Waals surface area contributed by atoms with Crippen molar-refractivity contribution in [3.8, 4) is 0 Å². The van der Waals surface area contributed by atoms with E-state index in [1.165, 1.54) is 42.5 Å². The van der Waals surface area contributed by atoms with Crippen LogP contribution in [-0.2, 0) is 16.6 Å². The zero-order valence-corrected chi connectivity index (χ0v) is 12.7. The predicted molar refractivity (Wildman–Crippen MR) is 82.4 cm³/mol. The molecule has 0 spiro atoms. The molecule has 4 N–H and O–H groups in total. The Labute approximate surface area is 132 Å². The van der Waals surface area contributed by atoms with Crippen molar-refractivity contribution in [1.82, 2.24) is 5.32 Å². The number of nitrogens with one attached hydrogen (secondary N) is 1. The summed E-state index contributed by atoms with van der Waals surface area (Å²) in [5.74, 6) is -1.72. The van der Waals surface area contributed by atoms with Crippen molar-refractivity contribution < 1.29 is 23.1 Å². The molecular weight excluding hydrogens is 320 g/mol. The summed E-state index contributed by atoms with van der Waals surface area (Å²) in [6.45, 7) is 0.123. The minimum atomic E-state index is -3.76. The molecule has 8 heteroatoms. The number of hydrogen-bond acceptors (Lipinski definition) is 4. The third-order valence-corrected chi connectivity index (χ3v) is 4.04. The van der Waals surface area contributed by atoms with Crippen molar-refractivity contribution in [2.75, 3.05) is 0 Å². The van der Waals surface area contributed by atoms with Gasteiger partial charge in [0.05, 0.1) is 16.0 Å². The average molecular weight is 334 g/mol. The zero-order valence-electron chi connectivity index (χ0n) is 11.9. The predicted octanol–water partition coefficient (Wildman–Crippen LogP) is 0.962. The first kappa shape index (κ1) is 16.7. The molecule has 0 aliphatic rings. The highest BCUT2D eigenvalue weighted by molar-refractivity contribution is 7.89. The number of rotatable bonds is 5. The van der Waals surface area contributed by atoms with Gasteiger partial charge in [0.15, 0.2) is 0 Å². The summed E-state index contributed by atoms with van der Waals surface area (Å²) >= 11 is 0. The average Bonchev–Trinajstić information content (AvgIpc) is 2.52. The zero-order chi connectivity index (χ0) is 17.0. The van der Waals surface area contributed by atoms with Gasteiger partial charge in [0.2, 0.25) is 10.0 Å². The topological polar surface area (TPSA) is 127 Å². The molecule has 0 saturated carbocycles. The van der Waals surface area contributed by atoms with Gasteiger partial charge in [-0.2, -0.15) is 0 Å². The number of sulfonamides is 1. The van der Waals surface area contributed by atoms with Gasteiger partial charge in [-0.3, -0.25) is 4.79 Å². The van der Waals surface area contributed by atoms with Gasteiger partial charge in [-0.15, -0.1) is 0 Å². The molecule has 0 aromatic heterocycles. The Morgan fingerprint density at radius 1 is 1.00 bits per heavy atom. The highest BCUT2D eigenvalue weighted by Crippen LogP contribution is 2.11. The maximum absolute atomic E-state index is 12.1. The number of carboxylic acids is 1. The van der Waals surface area contributed by atoms with Crippen molar-refractivity contribution in [2.24, 2.45) is 5.14 Å². The fraction of sp³-hybridized carbons (Fsp3) is 0.0667. The number of nitrogens with two attached hydrogens (primary N) is 1. The van der Waals surface area contributed by atoms with Crippen LogP contribution in [0.1, 0.15) is 26.3 Å². The molecule has 0 aliphatic carbocycles. The Hall–Kier alpha value is -2.71. The molecule has 120 valence electrons. The monoisotopic (exact) mass is 334 g/mol. The molecule has 2 aromatic carbocycles. The van der Waals surface area contributed by atoms with Crippen LogP contribution < -0.4 is 10.5 Å². The van der Waals surface area contributed by atoms with Crippen LogP contribution in [0, 0.1) is 0 Å². The summed E-state index contributed by atoms with van der Waals surface area (Å²) in [6, 6.07) is 11.6. The van der Waals surface area contributed by atoms with Crippen LogP contribution in [-0.4, -0.2) is 25.4 Å². The number of hydrogen-bond donors (Lipinski definition) is 3. The van der Waals surface area contributed by atoms with E-state index < -0.39 is 21.9 Å². The van der Waals surface area contributed by atoms with E-state index in [4.69, 9.17) is 10.2 Å². The molecule has 1 amide bonds. The Balaban J connectivity index is 2.09. The van der Waals surface area contributed by atoms with Gasteiger partial charge in [0, 0.05) is 6.54 Å². The summed E-state index contributed by atoms with van der Waals surface area (Å²) in [5.41, 5.74) is 0.620. The van der Waals surface area contributed by atoms with Crippen molar-refractivity contribution in [1.29, 1.82) is 0 Å². The van der Waals surface area contributed by atoms with Gasteiger partial charge in [0.1, 0.15) is 0 Å². The molecule has 7 nitrogen and oxygen atoms in total. The molecular formula is C15H14N2O5S. The molecule has 0 unspecified atom stereocenters. The lowest BCUT2D eigenvalue weighted by Gasteiger charge is -2.08. The Morgan fingerprint density at radius 3 is 2.09 bits per heavy atom. The number of amides is 1. The van der Waals surface area contributed by atoms with Crippen LogP contribution in [0.25, 0.3) is 0 Å². The van der Waals surface area contributed by atoms with Gasteiger partial charge >= 0.3 is 5.97 Å². The fourth-order valence-corrected chi connectivity index (χ4v) is 2.46. The van der Waals surface area contributed by atoms with Crippen LogP contribution in [0.5, 0.6) is 0 Å². The SMILES string of the molecule is NS(=O)(=O)c1ccc(CNC(=O)c2ccccc2C(=O)O)cc1. The van der Waals surface area contributed by atoms with E-state index in [-0.39, 0.29) is 22.6 Å². The highest BCUT2D eigenvalue weighted by Gasteiger charge is 2.15. The van der Waals surface area contributed by atoms with Crippen LogP contribution in [0.3, 0.4) is 0 Å². The lowest BCUT2D eigenvalue weighted by Crippen LogP contribution is -2.25. The second-order valence-electron chi connectivity index (χ2n) is 4.72. The number of carbonyl (C=O) groups excluding carboxylic acids is 1. The van der Waals surface area contributed by atoms with E-state index in [1.54, 1.807) is 6.07 Å². The lowest BCUT2D eigenvalue weighted by molar-refractivity contribution is 0.0691. The van der Waals surface area contributed by atoms with Gasteiger partial charge in [0.25, 0.3) is 5.91 Å². The van der Waals surface area contributed by atoms with E-state index in [0.717, 1.165) is 0 Å². The highest BCUT2D eigenvalue weighted by atomic mass is 32.2. The largest absolute Gasteiger partial charge is 0.478 e. The third-order valence-electron chi connectivity index (χ3n) is 3.11. The summed E-state index contributed by atoms with van der Waals surface area (Å²) < 4.78 is 22.3. The Morgan fingerprint density at radius 2 is 1.57 bits per heavy atom. The maximum atomic E-state index is 12.1. The van der Waals surface area contributed by atoms with Crippen molar-refractivity contribution in [3.63, 3.8) is 0 Å². The summed E-state index contributed by atoms with van der Waals surface area (Å²) in [5, 5.41) is 16.6. The number of carboxylic acid groups (broad SMARTS) is 1. The van der Waals surface area contributed by atoms with E-state index in [9.17, 15) is 18.0 Å². The number of carbonyl (C=O) groups is 2. The van der Waals surface area contributed by atoms with Crippen molar-refractivity contribution in [2.45, 2.75) is 11.4 Å². The van der Waals surface area contributed by atoms with Gasteiger partial charge < -0.3 is 10.4 Å². The molecule has 0 atom stereocenters. The van der Waals surface area contributed by atoms with Crippen molar-refractivity contribution >= 4 is 21.9 Å².